The van der Waals surface area contributed by atoms with Gasteiger partial charge in [0, 0.05) is 12.0 Å². The maximum absolute atomic E-state index is 13.3. The topological polar surface area (TPSA) is 73.7 Å². The number of hydrogen-bond donors (Lipinski definition) is 0. The first-order valence-electron chi connectivity index (χ1n) is 9.27. The molecule has 2 heterocycles. The lowest BCUT2D eigenvalue weighted by atomic mass is 9.97. The molecule has 2 aromatic heterocycles. The van der Waals surface area contributed by atoms with Gasteiger partial charge in [-0.2, -0.15) is 0 Å². The van der Waals surface area contributed by atoms with E-state index in [4.69, 9.17) is 14.5 Å². The average Bonchev–Trinajstić information content (AvgIpc) is 2.96. The molecule has 0 aliphatic heterocycles. The molecule has 3 rings (SSSR count). The highest BCUT2D eigenvalue weighted by Gasteiger charge is 2.23. The first kappa shape index (κ1) is 20.0. The Balaban J connectivity index is 2.01. The number of ether oxygens (including phenoxy) is 2. The van der Waals surface area contributed by atoms with Gasteiger partial charge in [0.1, 0.15) is 23.3 Å². The summed E-state index contributed by atoms with van der Waals surface area (Å²) in [6, 6.07) is 0. The lowest BCUT2D eigenvalue weighted by Crippen LogP contribution is -2.33. The monoisotopic (exact) mass is 393 g/mol. The van der Waals surface area contributed by atoms with Crippen molar-refractivity contribution in [2.75, 3.05) is 27.8 Å². The van der Waals surface area contributed by atoms with Crippen molar-refractivity contribution >= 4 is 27.5 Å². The number of fused-ring (bicyclic) bond motifs is 3. The molecule has 0 fully saturated rings. The van der Waals surface area contributed by atoms with Crippen LogP contribution in [0.2, 0.25) is 0 Å². The van der Waals surface area contributed by atoms with E-state index in [0.29, 0.717) is 24.4 Å². The molecule has 148 valence electrons. The van der Waals surface area contributed by atoms with E-state index in [9.17, 15) is 9.59 Å². The molecule has 0 bridgehead atoms. The zero-order valence-corrected chi connectivity index (χ0v) is 17.2. The molecule has 0 saturated heterocycles. The van der Waals surface area contributed by atoms with Crippen LogP contribution in [0.15, 0.2) is 4.79 Å². The zero-order chi connectivity index (χ0) is 19.6. The Bertz CT molecular complexity index is 887. The third-order valence-electron chi connectivity index (χ3n) is 4.63. The largest absolute Gasteiger partial charge is 0.459 e. The minimum atomic E-state index is -0.452. The quantitative estimate of drug-likeness (QED) is 0.670. The van der Waals surface area contributed by atoms with Gasteiger partial charge >= 0.3 is 5.97 Å². The molecule has 8 heteroatoms. The number of carbonyl (C=O) groups is 1. The van der Waals surface area contributed by atoms with Crippen LogP contribution in [0.4, 0.5) is 0 Å². The van der Waals surface area contributed by atoms with Crippen LogP contribution in [-0.2, 0) is 40.2 Å². The van der Waals surface area contributed by atoms with Crippen molar-refractivity contribution in [2.24, 2.45) is 0 Å². The van der Waals surface area contributed by atoms with Gasteiger partial charge in [0.05, 0.1) is 18.5 Å². The van der Waals surface area contributed by atoms with E-state index in [0.717, 1.165) is 36.1 Å². The normalized spacial score (nSPS) is 15.1. The minimum absolute atomic E-state index is 0.132. The number of rotatable bonds is 7. The summed E-state index contributed by atoms with van der Waals surface area (Å²) in [5, 5.41) is 0.690. The summed E-state index contributed by atoms with van der Waals surface area (Å²) in [7, 11) is 5.39. The molecule has 0 aromatic carbocycles. The van der Waals surface area contributed by atoms with Gasteiger partial charge < -0.3 is 14.4 Å². The summed E-state index contributed by atoms with van der Waals surface area (Å²) < 4.78 is 11.8. The molecular weight excluding hydrogens is 366 g/mol. The van der Waals surface area contributed by atoms with Crippen molar-refractivity contribution in [2.45, 2.75) is 51.8 Å². The van der Waals surface area contributed by atoms with Crippen molar-refractivity contribution < 1.29 is 14.3 Å². The van der Waals surface area contributed by atoms with Crippen LogP contribution >= 0.6 is 11.3 Å². The zero-order valence-electron chi connectivity index (χ0n) is 16.4. The summed E-state index contributed by atoms with van der Waals surface area (Å²) in [5.41, 5.74) is 0.998. The van der Waals surface area contributed by atoms with Crippen LogP contribution in [0.25, 0.3) is 10.2 Å². The second-order valence-electron chi connectivity index (χ2n) is 7.30. The number of aromatic nitrogens is 2. The van der Waals surface area contributed by atoms with Gasteiger partial charge in [0.25, 0.3) is 5.56 Å². The van der Waals surface area contributed by atoms with Gasteiger partial charge in [0.2, 0.25) is 0 Å². The number of carbonyl (C=O) groups excluding carboxylic acids is 1. The second-order valence-corrected chi connectivity index (χ2v) is 8.39. The molecule has 0 N–H and O–H groups in total. The van der Waals surface area contributed by atoms with Gasteiger partial charge in [0.15, 0.2) is 0 Å². The number of aryl methyl sites for hydroxylation is 2. The number of nitrogens with zero attached hydrogens (tertiary/aromatic N) is 3. The van der Waals surface area contributed by atoms with Gasteiger partial charge in [-0.1, -0.05) is 0 Å². The summed E-state index contributed by atoms with van der Waals surface area (Å²) in [6.45, 7) is 2.43. The van der Waals surface area contributed by atoms with Gasteiger partial charge in [-0.25, -0.2) is 4.98 Å². The summed E-state index contributed by atoms with van der Waals surface area (Å²) in [5.74, 6) is 0.138. The Kier molecular flexibility index (Phi) is 6.29. The molecule has 0 amide bonds. The Morgan fingerprint density at radius 1 is 1.33 bits per heavy atom. The number of esters is 1. The van der Waals surface area contributed by atoms with E-state index in [1.807, 2.05) is 19.0 Å². The summed E-state index contributed by atoms with van der Waals surface area (Å²) >= 11 is 1.62. The Morgan fingerprint density at radius 3 is 2.78 bits per heavy atom. The smallest absolute Gasteiger partial charge is 0.326 e. The van der Waals surface area contributed by atoms with Gasteiger partial charge in [-0.3, -0.25) is 14.2 Å². The third kappa shape index (κ3) is 4.39. The average molecular weight is 394 g/mol. The molecule has 1 unspecified atom stereocenters. The lowest BCUT2D eigenvalue weighted by Gasteiger charge is -2.17. The summed E-state index contributed by atoms with van der Waals surface area (Å²) in [6.07, 6.45) is 3.81. The fraction of sp³-hybridized carbons (Fsp3) is 0.632. The number of thiophene rings is 1. The first-order chi connectivity index (χ1) is 12.9. The van der Waals surface area contributed by atoms with Crippen LogP contribution in [0.5, 0.6) is 0 Å². The van der Waals surface area contributed by atoms with E-state index >= 15 is 0 Å². The van der Waals surface area contributed by atoms with Crippen molar-refractivity contribution in [3.05, 3.63) is 26.6 Å². The molecule has 27 heavy (non-hydrogen) atoms. The highest BCUT2D eigenvalue weighted by atomic mass is 32.1. The highest BCUT2D eigenvalue weighted by molar-refractivity contribution is 7.18. The summed E-state index contributed by atoms with van der Waals surface area (Å²) in [4.78, 5) is 34.4. The molecule has 1 aliphatic rings. The fourth-order valence-electron chi connectivity index (χ4n) is 3.51. The predicted octanol–water partition coefficient (Wildman–Crippen LogP) is 1.98. The second kappa shape index (κ2) is 8.50. The predicted molar refractivity (Wildman–Crippen MR) is 105 cm³/mol. The molecule has 0 saturated carbocycles. The lowest BCUT2D eigenvalue weighted by molar-refractivity contribution is -0.151. The molecule has 2 aromatic rings. The SMILES string of the molecule is COCC(C)OC(=O)Cn1c(CN(C)C)nc2sc3c(c2c1=O)CCCC3. The minimum Gasteiger partial charge on any atom is -0.459 e. The maximum atomic E-state index is 13.3. The van der Waals surface area contributed by atoms with Gasteiger partial charge in [-0.05, 0) is 52.3 Å². The van der Waals surface area contributed by atoms with Crippen molar-refractivity contribution in [1.29, 1.82) is 0 Å². The molecule has 1 aliphatic carbocycles. The highest BCUT2D eigenvalue weighted by Crippen LogP contribution is 2.33. The van der Waals surface area contributed by atoms with Crippen molar-refractivity contribution in [1.82, 2.24) is 14.5 Å². The van der Waals surface area contributed by atoms with Gasteiger partial charge in [-0.15, -0.1) is 11.3 Å². The molecule has 0 spiro atoms. The molecular formula is C19H27N3O4S. The maximum Gasteiger partial charge on any atom is 0.326 e. The number of hydrogen-bond acceptors (Lipinski definition) is 7. The number of methoxy groups -OCH3 is 1. The van der Waals surface area contributed by atoms with Crippen LogP contribution < -0.4 is 5.56 Å². The van der Waals surface area contributed by atoms with Crippen molar-refractivity contribution in [3.63, 3.8) is 0 Å². The van der Waals surface area contributed by atoms with Crippen LogP contribution in [0, 0.1) is 0 Å². The fourth-order valence-corrected chi connectivity index (χ4v) is 4.78. The van der Waals surface area contributed by atoms with Crippen LogP contribution in [-0.4, -0.2) is 54.3 Å². The van der Waals surface area contributed by atoms with E-state index < -0.39 is 5.97 Å². The Labute approximate surface area is 162 Å². The van der Waals surface area contributed by atoms with Crippen LogP contribution in [0.1, 0.15) is 36.0 Å². The molecule has 1 atom stereocenters. The van der Waals surface area contributed by atoms with E-state index in [2.05, 4.69) is 0 Å². The standard InChI is InChI=1S/C19H27N3O4S/c1-12(11-25-4)26-16(23)10-22-15(9-21(2)3)20-18-17(19(22)24)13-7-5-6-8-14(13)27-18/h12H,5-11H2,1-4H3. The molecule has 7 nitrogen and oxygen atoms in total. The Morgan fingerprint density at radius 2 is 2.07 bits per heavy atom. The first-order valence-corrected chi connectivity index (χ1v) is 10.1. The van der Waals surface area contributed by atoms with E-state index in [-0.39, 0.29) is 18.2 Å². The third-order valence-corrected chi connectivity index (χ3v) is 5.82. The van der Waals surface area contributed by atoms with E-state index in [1.54, 1.807) is 25.4 Å². The Hall–Kier alpha value is -1.77. The van der Waals surface area contributed by atoms with Crippen LogP contribution in [0.3, 0.4) is 0 Å². The van der Waals surface area contributed by atoms with E-state index in [1.165, 1.54) is 9.44 Å². The van der Waals surface area contributed by atoms with Crippen molar-refractivity contribution in [3.8, 4) is 0 Å². The molecule has 0 radical (unpaired) electrons.